The van der Waals surface area contributed by atoms with E-state index in [-0.39, 0.29) is 5.97 Å². The standard InChI is InChI=1S/C11H20O4/c1-6-11(5,15-9(4)12)10(13-7-2)14-8-3/h6,10H,1,7-8H2,2-5H3. The van der Waals surface area contributed by atoms with Gasteiger partial charge in [0.25, 0.3) is 0 Å². The molecule has 1 unspecified atom stereocenters. The quantitative estimate of drug-likeness (QED) is 0.370. The predicted octanol–water partition coefficient (Wildman–Crippen LogP) is 1.89. The molecular weight excluding hydrogens is 196 g/mol. The highest BCUT2D eigenvalue weighted by Crippen LogP contribution is 2.21. The Balaban J connectivity index is 4.66. The van der Waals surface area contributed by atoms with Crippen molar-refractivity contribution in [2.45, 2.75) is 39.6 Å². The molecule has 0 saturated heterocycles. The third-order valence-electron chi connectivity index (χ3n) is 1.87. The summed E-state index contributed by atoms with van der Waals surface area (Å²) in [6, 6.07) is 0. The average molecular weight is 216 g/mol. The van der Waals surface area contributed by atoms with Gasteiger partial charge >= 0.3 is 5.97 Å². The lowest BCUT2D eigenvalue weighted by molar-refractivity contribution is -0.225. The fourth-order valence-electron chi connectivity index (χ4n) is 1.18. The van der Waals surface area contributed by atoms with Crippen molar-refractivity contribution in [3.05, 3.63) is 12.7 Å². The fraction of sp³-hybridized carbons (Fsp3) is 0.727. The smallest absolute Gasteiger partial charge is 0.303 e. The summed E-state index contributed by atoms with van der Waals surface area (Å²) < 4.78 is 15.9. The Hall–Kier alpha value is -0.870. The molecule has 0 aliphatic rings. The molecule has 0 aromatic heterocycles. The van der Waals surface area contributed by atoms with Gasteiger partial charge in [0.2, 0.25) is 6.29 Å². The third-order valence-corrected chi connectivity index (χ3v) is 1.87. The first-order valence-electron chi connectivity index (χ1n) is 5.06. The van der Waals surface area contributed by atoms with Gasteiger partial charge in [0.05, 0.1) is 0 Å². The molecule has 0 amide bonds. The highest BCUT2D eigenvalue weighted by atomic mass is 16.7. The molecule has 0 aromatic carbocycles. The number of esters is 1. The highest BCUT2D eigenvalue weighted by molar-refractivity contribution is 5.66. The summed E-state index contributed by atoms with van der Waals surface area (Å²) >= 11 is 0. The first-order chi connectivity index (χ1) is 7.00. The summed E-state index contributed by atoms with van der Waals surface area (Å²) in [5, 5.41) is 0. The molecule has 0 heterocycles. The summed E-state index contributed by atoms with van der Waals surface area (Å²) in [5.74, 6) is -0.387. The second kappa shape index (κ2) is 6.58. The molecule has 0 spiro atoms. The Bertz CT molecular complexity index is 209. The van der Waals surface area contributed by atoms with Crippen LogP contribution in [0.4, 0.5) is 0 Å². The second-order valence-corrected chi connectivity index (χ2v) is 3.22. The zero-order chi connectivity index (χ0) is 11.9. The lowest BCUT2D eigenvalue weighted by Crippen LogP contribution is -2.45. The van der Waals surface area contributed by atoms with E-state index in [0.717, 1.165) is 0 Å². The Kier molecular flexibility index (Phi) is 6.20. The van der Waals surface area contributed by atoms with E-state index < -0.39 is 11.9 Å². The van der Waals surface area contributed by atoms with Gasteiger partial charge in [-0.05, 0) is 26.8 Å². The first-order valence-corrected chi connectivity index (χ1v) is 5.06. The van der Waals surface area contributed by atoms with Crippen LogP contribution in [0.1, 0.15) is 27.7 Å². The number of hydrogen-bond donors (Lipinski definition) is 0. The van der Waals surface area contributed by atoms with Crippen LogP contribution in [-0.4, -0.2) is 31.1 Å². The highest BCUT2D eigenvalue weighted by Gasteiger charge is 2.36. The van der Waals surface area contributed by atoms with Gasteiger partial charge in [-0.3, -0.25) is 4.79 Å². The van der Waals surface area contributed by atoms with Gasteiger partial charge in [0, 0.05) is 20.1 Å². The second-order valence-electron chi connectivity index (χ2n) is 3.22. The summed E-state index contributed by atoms with van der Waals surface area (Å²) in [6.45, 7) is 11.3. The van der Waals surface area contributed by atoms with Crippen LogP contribution in [0.2, 0.25) is 0 Å². The number of carbonyl (C=O) groups is 1. The van der Waals surface area contributed by atoms with Crippen LogP contribution in [0.5, 0.6) is 0 Å². The number of hydrogen-bond acceptors (Lipinski definition) is 4. The molecule has 0 rings (SSSR count). The van der Waals surface area contributed by atoms with E-state index in [2.05, 4.69) is 6.58 Å². The maximum absolute atomic E-state index is 11.0. The zero-order valence-electron chi connectivity index (χ0n) is 9.91. The molecular formula is C11H20O4. The Morgan fingerprint density at radius 2 is 1.87 bits per heavy atom. The molecule has 0 bridgehead atoms. The van der Waals surface area contributed by atoms with Crippen LogP contribution in [-0.2, 0) is 19.0 Å². The average Bonchev–Trinajstić information content (AvgIpc) is 2.16. The van der Waals surface area contributed by atoms with E-state index in [4.69, 9.17) is 14.2 Å². The summed E-state index contributed by atoms with van der Waals surface area (Å²) in [4.78, 5) is 11.0. The molecule has 0 fully saturated rings. The molecule has 0 radical (unpaired) electrons. The van der Waals surface area contributed by atoms with Gasteiger partial charge in [0.1, 0.15) is 0 Å². The van der Waals surface area contributed by atoms with Crippen molar-refractivity contribution in [2.75, 3.05) is 13.2 Å². The van der Waals surface area contributed by atoms with Crippen molar-refractivity contribution in [2.24, 2.45) is 0 Å². The maximum atomic E-state index is 11.0. The topological polar surface area (TPSA) is 44.8 Å². The van der Waals surface area contributed by atoms with E-state index in [9.17, 15) is 4.79 Å². The van der Waals surface area contributed by atoms with Crippen LogP contribution in [0.15, 0.2) is 12.7 Å². The van der Waals surface area contributed by atoms with Crippen molar-refractivity contribution >= 4 is 5.97 Å². The normalized spacial score (nSPS) is 14.7. The molecule has 88 valence electrons. The predicted molar refractivity (Wildman–Crippen MR) is 57.4 cm³/mol. The monoisotopic (exact) mass is 216 g/mol. The Labute approximate surface area is 91.2 Å². The molecule has 1 atom stereocenters. The lowest BCUT2D eigenvalue weighted by Gasteiger charge is -2.33. The van der Waals surface area contributed by atoms with Crippen LogP contribution in [0, 0.1) is 0 Å². The van der Waals surface area contributed by atoms with E-state index in [0.29, 0.717) is 13.2 Å². The van der Waals surface area contributed by atoms with E-state index in [1.807, 2.05) is 13.8 Å². The zero-order valence-corrected chi connectivity index (χ0v) is 9.91. The van der Waals surface area contributed by atoms with Gasteiger partial charge in [-0.15, -0.1) is 0 Å². The van der Waals surface area contributed by atoms with E-state index >= 15 is 0 Å². The number of rotatable bonds is 7. The van der Waals surface area contributed by atoms with Crippen LogP contribution < -0.4 is 0 Å². The molecule has 0 aromatic rings. The maximum Gasteiger partial charge on any atom is 0.303 e. The minimum absolute atomic E-state index is 0.387. The van der Waals surface area contributed by atoms with Crippen LogP contribution >= 0.6 is 0 Å². The SMILES string of the molecule is C=CC(C)(OC(C)=O)C(OCC)OCC. The fourth-order valence-corrected chi connectivity index (χ4v) is 1.18. The van der Waals surface area contributed by atoms with Gasteiger partial charge in [-0.1, -0.05) is 6.58 Å². The molecule has 4 heteroatoms. The van der Waals surface area contributed by atoms with Crippen molar-refractivity contribution in [1.82, 2.24) is 0 Å². The number of ether oxygens (including phenoxy) is 3. The molecule has 0 N–H and O–H groups in total. The Morgan fingerprint density at radius 3 is 2.13 bits per heavy atom. The molecule has 0 aliphatic heterocycles. The molecule has 15 heavy (non-hydrogen) atoms. The van der Waals surface area contributed by atoms with Crippen molar-refractivity contribution in [3.8, 4) is 0 Å². The summed E-state index contributed by atoms with van der Waals surface area (Å²) in [7, 11) is 0. The van der Waals surface area contributed by atoms with Crippen molar-refractivity contribution < 1.29 is 19.0 Å². The number of carbonyl (C=O) groups excluding carboxylic acids is 1. The summed E-state index contributed by atoms with van der Waals surface area (Å²) in [5.41, 5.74) is -0.947. The van der Waals surface area contributed by atoms with Crippen molar-refractivity contribution in [3.63, 3.8) is 0 Å². The van der Waals surface area contributed by atoms with E-state index in [1.54, 1.807) is 6.92 Å². The lowest BCUT2D eigenvalue weighted by atomic mass is 10.1. The first kappa shape index (κ1) is 14.1. The largest absolute Gasteiger partial charge is 0.450 e. The van der Waals surface area contributed by atoms with Crippen molar-refractivity contribution in [1.29, 1.82) is 0 Å². The summed E-state index contributed by atoms with van der Waals surface area (Å²) in [6.07, 6.45) is 0.901. The van der Waals surface area contributed by atoms with Gasteiger partial charge < -0.3 is 14.2 Å². The molecule has 0 saturated carbocycles. The van der Waals surface area contributed by atoms with Gasteiger partial charge in [0.15, 0.2) is 5.60 Å². The van der Waals surface area contributed by atoms with E-state index in [1.165, 1.54) is 13.0 Å². The molecule has 4 nitrogen and oxygen atoms in total. The van der Waals surface area contributed by atoms with Gasteiger partial charge in [-0.2, -0.15) is 0 Å². The Morgan fingerprint density at radius 1 is 1.40 bits per heavy atom. The van der Waals surface area contributed by atoms with Crippen LogP contribution in [0.25, 0.3) is 0 Å². The minimum Gasteiger partial charge on any atom is -0.450 e. The third kappa shape index (κ3) is 4.44. The molecule has 0 aliphatic carbocycles. The van der Waals surface area contributed by atoms with Gasteiger partial charge in [-0.25, -0.2) is 0 Å². The van der Waals surface area contributed by atoms with Crippen LogP contribution in [0.3, 0.4) is 0 Å². The minimum atomic E-state index is -0.947.